The number of amides is 1. The van der Waals surface area contributed by atoms with Crippen LogP contribution in [-0.4, -0.2) is 31.4 Å². The number of carbonyl (C=O) groups is 1. The van der Waals surface area contributed by atoms with Gasteiger partial charge in [-0.2, -0.15) is 0 Å². The average Bonchev–Trinajstić information content (AvgIpc) is 2.36. The van der Waals surface area contributed by atoms with Crippen molar-refractivity contribution in [3.05, 3.63) is 29.3 Å². The zero-order valence-corrected chi connectivity index (χ0v) is 11.7. The van der Waals surface area contributed by atoms with Crippen molar-refractivity contribution >= 4 is 11.6 Å². The molecule has 1 heterocycles. The van der Waals surface area contributed by atoms with E-state index in [1.165, 1.54) is 16.8 Å². The summed E-state index contributed by atoms with van der Waals surface area (Å²) in [4.78, 5) is 13.7. The lowest BCUT2D eigenvalue weighted by Gasteiger charge is -2.28. The lowest BCUT2D eigenvalue weighted by molar-refractivity contribution is -0.132. The number of hydrogen-bond acceptors (Lipinski definition) is 2. The van der Waals surface area contributed by atoms with Gasteiger partial charge in [-0.25, -0.2) is 0 Å². The molecule has 0 spiro atoms. The van der Waals surface area contributed by atoms with Crippen LogP contribution in [0.3, 0.4) is 0 Å². The quantitative estimate of drug-likeness (QED) is 0.873. The second kappa shape index (κ2) is 5.01. The van der Waals surface area contributed by atoms with Gasteiger partial charge in [0, 0.05) is 27.8 Å². The van der Waals surface area contributed by atoms with E-state index in [0.29, 0.717) is 5.92 Å². The molecule has 3 nitrogen and oxygen atoms in total. The summed E-state index contributed by atoms with van der Waals surface area (Å²) in [6.45, 7) is 5.13. The average molecular weight is 248 g/mol. The van der Waals surface area contributed by atoms with E-state index in [4.69, 9.17) is 0 Å². The summed E-state index contributed by atoms with van der Waals surface area (Å²) in [6.07, 6.45) is 0.847. The molecule has 0 aromatic heterocycles. The highest BCUT2D eigenvalue weighted by Gasteiger charge is 2.25. The Balaban J connectivity index is 0.00000180. The molecule has 1 aliphatic rings. The number of fused-ring (bicyclic) bond motifs is 1. The fourth-order valence-electron chi connectivity index (χ4n) is 2.42. The van der Waals surface area contributed by atoms with E-state index >= 15 is 0 Å². The minimum atomic E-state index is 0. The van der Waals surface area contributed by atoms with Crippen LogP contribution in [0, 0.1) is 5.92 Å². The van der Waals surface area contributed by atoms with Gasteiger partial charge in [0.15, 0.2) is 0 Å². The highest BCUT2D eigenvalue weighted by molar-refractivity contribution is 5.80. The van der Waals surface area contributed by atoms with E-state index in [-0.39, 0.29) is 13.3 Å². The summed E-state index contributed by atoms with van der Waals surface area (Å²) in [6, 6.07) is 6.55. The molecular weight excluding hydrogens is 224 g/mol. The molecule has 0 radical (unpaired) electrons. The maximum absolute atomic E-state index is 12.0. The fraction of sp³-hybridized carbons (Fsp3) is 0.533. The summed E-state index contributed by atoms with van der Waals surface area (Å²) in [5.41, 5.74) is 3.79. The van der Waals surface area contributed by atoms with Crippen LogP contribution in [0.1, 0.15) is 32.3 Å². The molecule has 0 fully saturated rings. The van der Waals surface area contributed by atoms with Crippen LogP contribution in [-0.2, 0) is 11.2 Å². The Kier molecular flexibility index (Phi) is 3.60. The molecule has 18 heavy (non-hydrogen) atoms. The third-order valence-corrected chi connectivity index (χ3v) is 3.59. The molecule has 0 saturated carbocycles. The summed E-state index contributed by atoms with van der Waals surface area (Å²) < 4.78 is 0. The highest BCUT2D eigenvalue weighted by Crippen LogP contribution is 2.28. The van der Waals surface area contributed by atoms with E-state index < -0.39 is 0 Å². The van der Waals surface area contributed by atoms with Crippen LogP contribution in [0.2, 0.25) is 0 Å². The lowest BCUT2D eigenvalue weighted by atomic mass is 9.90. The molecule has 0 unspecified atom stereocenters. The Labute approximate surface area is 111 Å². The molecule has 100 valence electrons. The molecule has 0 saturated heterocycles. The predicted octanol–water partition coefficient (Wildman–Crippen LogP) is 2.73. The molecule has 1 aromatic rings. The van der Waals surface area contributed by atoms with Gasteiger partial charge in [0.25, 0.3) is 0 Å². The monoisotopic (exact) mass is 248 g/mol. The van der Waals surface area contributed by atoms with Crippen molar-refractivity contribution in [1.82, 2.24) is 4.90 Å². The van der Waals surface area contributed by atoms with Gasteiger partial charge in [-0.3, -0.25) is 4.79 Å². The number of carbonyl (C=O) groups excluding carboxylic acids is 1. The van der Waals surface area contributed by atoms with E-state index in [9.17, 15) is 4.79 Å². The van der Waals surface area contributed by atoms with E-state index in [2.05, 4.69) is 37.4 Å². The summed E-state index contributed by atoms with van der Waals surface area (Å²) in [5, 5.41) is 3.37. The van der Waals surface area contributed by atoms with Gasteiger partial charge in [0.1, 0.15) is 0 Å². The largest absolute Gasteiger partial charge is 0.384 e. The molecule has 0 bridgehead atoms. The predicted molar refractivity (Wildman–Crippen MR) is 77.0 cm³/mol. The number of nitrogens with zero attached hydrogens (tertiary/aromatic N) is 1. The van der Waals surface area contributed by atoms with E-state index in [0.717, 1.165) is 13.0 Å². The fourth-order valence-corrected chi connectivity index (χ4v) is 2.42. The SMILES string of the molecule is CC(C)c1ccc2c(c1)C[C@H](C(=O)N(C)C)CN2.[HH]. The van der Waals surface area contributed by atoms with Crippen molar-refractivity contribution in [3.8, 4) is 0 Å². The van der Waals surface area contributed by atoms with E-state index in [1.54, 1.807) is 4.90 Å². The smallest absolute Gasteiger partial charge is 0.227 e. The Morgan fingerprint density at radius 2 is 2.17 bits per heavy atom. The topological polar surface area (TPSA) is 32.3 Å². The van der Waals surface area contributed by atoms with Crippen molar-refractivity contribution in [3.63, 3.8) is 0 Å². The van der Waals surface area contributed by atoms with Gasteiger partial charge >= 0.3 is 0 Å². The van der Waals surface area contributed by atoms with Crippen LogP contribution in [0.15, 0.2) is 18.2 Å². The normalized spacial score (nSPS) is 18.2. The molecule has 2 rings (SSSR count). The first-order chi connectivity index (χ1) is 8.49. The van der Waals surface area contributed by atoms with Crippen LogP contribution in [0.4, 0.5) is 5.69 Å². The number of nitrogens with one attached hydrogen (secondary N) is 1. The maximum atomic E-state index is 12.0. The number of hydrogen-bond donors (Lipinski definition) is 1. The molecule has 0 aliphatic carbocycles. The summed E-state index contributed by atoms with van der Waals surface area (Å²) in [7, 11) is 3.64. The molecule has 1 atom stereocenters. The second-order valence-electron chi connectivity index (χ2n) is 5.59. The van der Waals surface area contributed by atoms with E-state index in [1.807, 2.05) is 14.1 Å². The first kappa shape index (κ1) is 12.9. The highest BCUT2D eigenvalue weighted by atomic mass is 16.2. The molecular formula is C15H24N2O. The maximum Gasteiger partial charge on any atom is 0.227 e. The minimum Gasteiger partial charge on any atom is -0.384 e. The van der Waals surface area contributed by atoms with Gasteiger partial charge in [-0.05, 0) is 29.5 Å². The molecule has 1 amide bonds. The van der Waals surface area contributed by atoms with Crippen molar-refractivity contribution < 1.29 is 6.22 Å². The van der Waals surface area contributed by atoms with Crippen LogP contribution >= 0.6 is 0 Å². The van der Waals surface area contributed by atoms with Crippen molar-refractivity contribution in [2.75, 3.05) is 26.0 Å². The number of rotatable bonds is 2. The van der Waals surface area contributed by atoms with Gasteiger partial charge in [-0.1, -0.05) is 26.0 Å². The number of anilines is 1. The van der Waals surface area contributed by atoms with Crippen molar-refractivity contribution in [1.29, 1.82) is 0 Å². The summed E-state index contributed by atoms with van der Waals surface area (Å²) in [5.74, 6) is 0.804. The zero-order chi connectivity index (χ0) is 13.3. The Morgan fingerprint density at radius 3 is 2.78 bits per heavy atom. The number of benzene rings is 1. The molecule has 1 aromatic carbocycles. The molecule has 1 N–H and O–H groups in total. The standard InChI is InChI=1S/C15H22N2O.H2/c1-10(2)11-5-6-14-12(7-11)8-13(9-16-14)15(18)17(3)4;/h5-7,10,13,16H,8-9H2,1-4H3;1H/t13-;/m0./s1. The van der Waals surface area contributed by atoms with Gasteiger partial charge < -0.3 is 10.2 Å². The van der Waals surface area contributed by atoms with Crippen LogP contribution < -0.4 is 5.32 Å². The van der Waals surface area contributed by atoms with Crippen molar-refractivity contribution in [2.45, 2.75) is 26.2 Å². The third-order valence-electron chi connectivity index (χ3n) is 3.59. The molecule has 3 heteroatoms. The third kappa shape index (κ3) is 2.50. The van der Waals surface area contributed by atoms with Gasteiger partial charge in [-0.15, -0.1) is 0 Å². The molecule has 1 aliphatic heterocycles. The Hall–Kier alpha value is -1.51. The van der Waals surface area contributed by atoms with Crippen molar-refractivity contribution in [2.24, 2.45) is 5.92 Å². The first-order valence-electron chi connectivity index (χ1n) is 6.57. The van der Waals surface area contributed by atoms with Crippen LogP contribution in [0.5, 0.6) is 0 Å². The second-order valence-corrected chi connectivity index (χ2v) is 5.59. The Morgan fingerprint density at radius 1 is 1.44 bits per heavy atom. The minimum absolute atomic E-state index is 0. The van der Waals surface area contributed by atoms with Crippen LogP contribution in [0.25, 0.3) is 0 Å². The van der Waals surface area contributed by atoms with Gasteiger partial charge in [0.05, 0.1) is 5.92 Å². The summed E-state index contributed by atoms with van der Waals surface area (Å²) >= 11 is 0. The zero-order valence-electron chi connectivity index (χ0n) is 11.7. The first-order valence-corrected chi connectivity index (χ1v) is 6.57. The Bertz CT molecular complexity index is 457. The lowest BCUT2D eigenvalue weighted by Crippen LogP contribution is -2.37. The van der Waals surface area contributed by atoms with Gasteiger partial charge in [0.2, 0.25) is 5.91 Å².